The molecule has 1 fully saturated rings. The number of guanidine groups is 1. The van der Waals surface area contributed by atoms with Gasteiger partial charge in [0.2, 0.25) is 0 Å². The summed E-state index contributed by atoms with van der Waals surface area (Å²) in [6.07, 6.45) is 6.59. The van der Waals surface area contributed by atoms with E-state index in [-0.39, 0.29) is 0 Å². The summed E-state index contributed by atoms with van der Waals surface area (Å²) in [5.74, 6) is 1.39. The Morgan fingerprint density at radius 3 is 2.69 bits per heavy atom. The summed E-state index contributed by atoms with van der Waals surface area (Å²) in [5.41, 5.74) is 3.75. The first-order chi connectivity index (χ1) is 14.2. The molecule has 2 heterocycles. The van der Waals surface area contributed by atoms with Crippen LogP contribution in [-0.2, 0) is 0 Å². The van der Waals surface area contributed by atoms with Gasteiger partial charge in [0.1, 0.15) is 17.5 Å². The Morgan fingerprint density at radius 1 is 1.14 bits per heavy atom. The van der Waals surface area contributed by atoms with Crippen molar-refractivity contribution in [2.75, 3.05) is 5.32 Å². The Hall–Kier alpha value is -3.59. The van der Waals surface area contributed by atoms with Crippen LogP contribution in [0.5, 0.6) is 0 Å². The highest BCUT2D eigenvalue weighted by Crippen LogP contribution is 2.25. The molecule has 2 aromatic rings. The van der Waals surface area contributed by atoms with Crippen LogP contribution >= 0.6 is 0 Å². The van der Waals surface area contributed by atoms with Gasteiger partial charge in [0.25, 0.3) is 0 Å². The average Bonchev–Trinajstić information content (AvgIpc) is 3.25. The van der Waals surface area contributed by atoms with E-state index in [2.05, 4.69) is 27.0 Å². The van der Waals surface area contributed by atoms with Gasteiger partial charge in [-0.25, -0.2) is 9.98 Å². The Bertz CT molecular complexity index is 1010. The Balaban J connectivity index is 1.64. The van der Waals surface area contributed by atoms with E-state index < -0.39 is 0 Å². The number of aromatic nitrogens is 1. The van der Waals surface area contributed by atoms with E-state index in [0.29, 0.717) is 29.1 Å². The zero-order valence-corrected chi connectivity index (χ0v) is 16.4. The fourth-order valence-corrected chi connectivity index (χ4v) is 3.60. The van der Waals surface area contributed by atoms with Crippen LogP contribution in [0.25, 0.3) is 5.57 Å². The number of allylic oxidation sites excluding steroid dienone is 2. The minimum absolute atomic E-state index is 0.347. The fraction of sp³-hybridized carbons (Fsp3) is 0.261. The van der Waals surface area contributed by atoms with Crippen molar-refractivity contribution in [1.29, 1.82) is 5.26 Å². The highest BCUT2D eigenvalue weighted by Gasteiger charge is 2.20. The summed E-state index contributed by atoms with van der Waals surface area (Å²) in [4.78, 5) is 9.44. The number of para-hydroxylation sites is 1. The SMILES string of the molecule is CC1=CNC(=NC2CCCC2)N/C1=C(/C#N)c1cccc(Nc2ccccc2)n1. The van der Waals surface area contributed by atoms with Crippen molar-refractivity contribution in [1.82, 2.24) is 15.6 Å². The second-order valence-electron chi connectivity index (χ2n) is 7.27. The van der Waals surface area contributed by atoms with Crippen molar-refractivity contribution in [3.8, 4) is 6.07 Å². The number of nitrogens with one attached hydrogen (secondary N) is 3. The molecule has 0 saturated heterocycles. The number of nitriles is 1. The van der Waals surface area contributed by atoms with Crippen LogP contribution in [0.2, 0.25) is 0 Å². The zero-order valence-electron chi connectivity index (χ0n) is 16.4. The molecule has 6 nitrogen and oxygen atoms in total. The largest absolute Gasteiger partial charge is 0.340 e. The van der Waals surface area contributed by atoms with Crippen LogP contribution in [0, 0.1) is 11.3 Å². The topological polar surface area (TPSA) is 85.1 Å². The molecule has 3 N–H and O–H groups in total. The summed E-state index contributed by atoms with van der Waals surface area (Å²) < 4.78 is 0. The number of anilines is 2. The van der Waals surface area contributed by atoms with Gasteiger partial charge in [-0.15, -0.1) is 0 Å². The first-order valence-electron chi connectivity index (χ1n) is 9.95. The molecule has 0 amide bonds. The van der Waals surface area contributed by atoms with Crippen molar-refractivity contribution in [2.45, 2.75) is 38.6 Å². The highest BCUT2D eigenvalue weighted by molar-refractivity contribution is 5.91. The van der Waals surface area contributed by atoms with E-state index in [0.717, 1.165) is 29.8 Å². The monoisotopic (exact) mass is 384 g/mol. The number of nitrogens with zero attached hydrogens (tertiary/aromatic N) is 3. The molecule has 146 valence electrons. The lowest BCUT2D eigenvalue weighted by Crippen LogP contribution is -2.39. The molecule has 29 heavy (non-hydrogen) atoms. The lowest BCUT2D eigenvalue weighted by Gasteiger charge is -2.22. The third-order valence-electron chi connectivity index (χ3n) is 5.11. The number of rotatable bonds is 4. The van der Waals surface area contributed by atoms with E-state index in [1.807, 2.05) is 61.7 Å². The van der Waals surface area contributed by atoms with E-state index >= 15 is 0 Å². The fourth-order valence-electron chi connectivity index (χ4n) is 3.60. The second-order valence-corrected chi connectivity index (χ2v) is 7.27. The van der Waals surface area contributed by atoms with Crippen LogP contribution in [-0.4, -0.2) is 17.0 Å². The molecule has 1 aromatic heterocycles. The Morgan fingerprint density at radius 2 is 1.93 bits per heavy atom. The predicted molar refractivity (Wildman–Crippen MR) is 116 cm³/mol. The van der Waals surface area contributed by atoms with Crippen LogP contribution in [0.15, 0.2) is 71.0 Å². The molecule has 2 aliphatic rings. The molecule has 6 heteroatoms. The molecular weight excluding hydrogens is 360 g/mol. The van der Waals surface area contributed by atoms with Crippen molar-refractivity contribution < 1.29 is 0 Å². The maximum Gasteiger partial charge on any atom is 0.200 e. The molecular formula is C23H24N6. The first-order valence-corrected chi connectivity index (χ1v) is 9.95. The van der Waals surface area contributed by atoms with Gasteiger partial charge in [0.15, 0.2) is 5.96 Å². The standard InChI is InChI=1S/C23H24N6/c1-16-15-25-23(27-18-10-5-6-11-18)29-22(16)19(14-24)20-12-7-13-21(28-20)26-17-8-3-2-4-9-17/h2-4,7-9,12-13,15,18H,5-6,10-11H2,1H3,(H,26,28)(H2,25,27,29)/b22-19-. The normalized spacial score (nSPS) is 19.7. The smallest absolute Gasteiger partial charge is 0.200 e. The average molecular weight is 384 g/mol. The van der Waals surface area contributed by atoms with Crippen LogP contribution < -0.4 is 16.0 Å². The summed E-state index contributed by atoms with van der Waals surface area (Å²) in [7, 11) is 0. The van der Waals surface area contributed by atoms with Crippen LogP contribution in [0.1, 0.15) is 38.3 Å². The molecule has 0 spiro atoms. The summed E-state index contributed by atoms with van der Waals surface area (Å²) >= 11 is 0. The second kappa shape index (κ2) is 8.61. The minimum Gasteiger partial charge on any atom is -0.340 e. The lowest BCUT2D eigenvalue weighted by molar-refractivity contribution is 0.696. The number of pyridine rings is 1. The van der Waals surface area contributed by atoms with Crippen molar-refractivity contribution in [2.24, 2.45) is 4.99 Å². The highest BCUT2D eigenvalue weighted by atomic mass is 15.2. The number of hydrogen-bond acceptors (Lipinski definition) is 4. The summed E-state index contributed by atoms with van der Waals surface area (Å²) in [6, 6.07) is 18.2. The number of hydrogen-bond donors (Lipinski definition) is 3. The van der Waals surface area contributed by atoms with Crippen LogP contribution in [0.3, 0.4) is 0 Å². The molecule has 1 aliphatic carbocycles. The van der Waals surface area contributed by atoms with E-state index in [9.17, 15) is 5.26 Å². The molecule has 0 radical (unpaired) electrons. The molecule has 0 unspecified atom stereocenters. The van der Waals surface area contributed by atoms with E-state index in [1.165, 1.54) is 12.8 Å². The zero-order chi connectivity index (χ0) is 20.1. The molecule has 1 aromatic carbocycles. The van der Waals surface area contributed by atoms with E-state index in [4.69, 9.17) is 4.99 Å². The third kappa shape index (κ3) is 4.46. The van der Waals surface area contributed by atoms with Gasteiger partial charge in [-0.05, 0) is 49.6 Å². The van der Waals surface area contributed by atoms with Gasteiger partial charge in [-0.1, -0.05) is 37.1 Å². The van der Waals surface area contributed by atoms with Crippen molar-refractivity contribution in [3.05, 3.63) is 71.7 Å². The molecule has 0 bridgehead atoms. The maximum absolute atomic E-state index is 9.90. The van der Waals surface area contributed by atoms with Crippen molar-refractivity contribution >= 4 is 23.0 Å². The molecule has 1 saturated carbocycles. The minimum atomic E-state index is 0.347. The van der Waals surface area contributed by atoms with Crippen molar-refractivity contribution in [3.63, 3.8) is 0 Å². The Kier molecular flexibility index (Phi) is 5.57. The van der Waals surface area contributed by atoms with Gasteiger partial charge < -0.3 is 16.0 Å². The quantitative estimate of drug-likeness (QED) is 0.678. The Labute approximate surface area is 171 Å². The summed E-state index contributed by atoms with van der Waals surface area (Å²) in [6.45, 7) is 1.96. The van der Waals surface area contributed by atoms with E-state index in [1.54, 1.807) is 0 Å². The van der Waals surface area contributed by atoms with Crippen LogP contribution in [0.4, 0.5) is 11.5 Å². The predicted octanol–water partition coefficient (Wildman–Crippen LogP) is 4.46. The number of aliphatic imine (C=N–C) groups is 1. The first kappa shape index (κ1) is 18.8. The number of benzene rings is 1. The molecule has 0 atom stereocenters. The molecule has 4 rings (SSSR count). The van der Waals surface area contributed by atoms with Gasteiger partial charge in [-0.2, -0.15) is 5.26 Å². The van der Waals surface area contributed by atoms with Gasteiger partial charge in [-0.3, -0.25) is 0 Å². The summed E-state index contributed by atoms with van der Waals surface area (Å²) in [5, 5.41) is 19.7. The van der Waals surface area contributed by atoms with Gasteiger partial charge in [0, 0.05) is 11.9 Å². The third-order valence-corrected chi connectivity index (χ3v) is 5.11. The van der Waals surface area contributed by atoms with Gasteiger partial charge >= 0.3 is 0 Å². The lowest BCUT2D eigenvalue weighted by atomic mass is 10.0. The van der Waals surface area contributed by atoms with Gasteiger partial charge in [0.05, 0.1) is 17.4 Å². The maximum atomic E-state index is 9.90. The molecule has 1 aliphatic heterocycles.